The molecule has 0 spiro atoms. The summed E-state index contributed by atoms with van der Waals surface area (Å²) in [6, 6.07) is 21.0. The molecule has 0 aliphatic heterocycles. The summed E-state index contributed by atoms with van der Waals surface area (Å²) < 4.78 is 1.93. The Hall–Kier alpha value is -2.80. The number of nitrogens with one attached hydrogen (secondary N) is 1. The van der Waals surface area contributed by atoms with Gasteiger partial charge in [-0.2, -0.15) is 0 Å². The summed E-state index contributed by atoms with van der Waals surface area (Å²) >= 11 is 13.7. The molecule has 0 atom stereocenters. The molecule has 0 aliphatic rings. The Morgan fingerprint density at radius 2 is 1.72 bits per heavy atom. The van der Waals surface area contributed by atoms with Crippen LogP contribution in [0.25, 0.3) is 17.1 Å². The monoisotopic (exact) mass is 482 g/mol. The van der Waals surface area contributed by atoms with Crippen LogP contribution in [0.3, 0.4) is 0 Å². The highest BCUT2D eigenvalue weighted by Gasteiger charge is 2.18. The lowest BCUT2D eigenvalue weighted by Gasteiger charge is -2.11. The fourth-order valence-corrected chi connectivity index (χ4v) is 4.24. The largest absolute Gasteiger partial charge is 0.325 e. The fourth-order valence-electron chi connectivity index (χ4n) is 3.14. The van der Waals surface area contributed by atoms with E-state index in [0.717, 1.165) is 22.4 Å². The van der Waals surface area contributed by atoms with Crippen molar-refractivity contribution in [3.8, 4) is 17.1 Å². The van der Waals surface area contributed by atoms with Crippen molar-refractivity contribution in [3.05, 3.63) is 87.9 Å². The van der Waals surface area contributed by atoms with Crippen LogP contribution in [0.2, 0.25) is 10.0 Å². The van der Waals surface area contributed by atoms with Crippen molar-refractivity contribution in [3.63, 3.8) is 0 Å². The predicted molar refractivity (Wildman–Crippen MR) is 132 cm³/mol. The molecule has 0 fully saturated rings. The first-order valence-electron chi connectivity index (χ1n) is 9.88. The van der Waals surface area contributed by atoms with Crippen molar-refractivity contribution in [2.24, 2.45) is 0 Å². The number of hydrogen-bond acceptors (Lipinski definition) is 4. The van der Waals surface area contributed by atoms with Gasteiger partial charge in [0, 0.05) is 27.0 Å². The van der Waals surface area contributed by atoms with Crippen LogP contribution < -0.4 is 5.32 Å². The number of amides is 1. The molecule has 0 radical (unpaired) electrons. The smallest absolute Gasteiger partial charge is 0.234 e. The minimum absolute atomic E-state index is 0.150. The fraction of sp³-hybridized carbons (Fsp3) is 0.125. The third-order valence-electron chi connectivity index (χ3n) is 4.88. The minimum atomic E-state index is -0.150. The number of halogens is 2. The number of carbonyl (C=O) groups is 1. The van der Waals surface area contributed by atoms with E-state index in [9.17, 15) is 4.79 Å². The second kappa shape index (κ2) is 9.77. The number of aromatic nitrogens is 3. The first-order valence-corrected chi connectivity index (χ1v) is 11.6. The average molecular weight is 483 g/mol. The van der Waals surface area contributed by atoms with E-state index in [1.54, 1.807) is 12.1 Å². The van der Waals surface area contributed by atoms with Gasteiger partial charge in [0.2, 0.25) is 5.91 Å². The molecule has 5 nitrogen and oxygen atoms in total. The number of hydrogen-bond donors (Lipinski definition) is 1. The second-order valence-electron chi connectivity index (χ2n) is 7.24. The van der Waals surface area contributed by atoms with Crippen LogP contribution in [0.5, 0.6) is 0 Å². The van der Waals surface area contributed by atoms with Crippen molar-refractivity contribution in [2.75, 3.05) is 11.1 Å². The molecule has 1 N–H and O–H groups in total. The third kappa shape index (κ3) is 4.99. The molecule has 1 aromatic heterocycles. The number of anilines is 1. The zero-order chi connectivity index (χ0) is 22.7. The van der Waals surface area contributed by atoms with Crippen LogP contribution in [-0.2, 0) is 4.79 Å². The minimum Gasteiger partial charge on any atom is -0.325 e. The van der Waals surface area contributed by atoms with Gasteiger partial charge < -0.3 is 5.32 Å². The van der Waals surface area contributed by atoms with Gasteiger partial charge in [-0.15, -0.1) is 10.2 Å². The molecule has 162 valence electrons. The molecule has 1 heterocycles. The van der Waals surface area contributed by atoms with Gasteiger partial charge in [-0.3, -0.25) is 9.36 Å². The highest BCUT2D eigenvalue weighted by molar-refractivity contribution is 7.99. The molecule has 8 heteroatoms. The lowest BCUT2D eigenvalue weighted by molar-refractivity contribution is -0.113. The van der Waals surface area contributed by atoms with Gasteiger partial charge in [-0.25, -0.2) is 0 Å². The number of thioether (sulfide) groups is 1. The summed E-state index contributed by atoms with van der Waals surface area (Å²) in [7, 11) is 0. The highest BCUT2D eigenvalue weighted by Crippen LogP contribution is 2.30. The summed E-state index contributed by atoms with van der Waals surface area (Å²) in [6.45, 7) is 3.87. The maximum absolute atomic E-state index is 12.6. The lowest BCUT2D eigenvalue weighted by Crippen LogP contribution is -2.15. The zero-order valence-electron chi connectivity index (χ0n) is 17.5. The summed E-state index contributed by atoms with van der Waals surface area (Å²) in [4.78, 5) is 12.6. The van der Waals surface area contributed by atoms with Gasteiger partial charge in [0.25, 0.3) is 0 Å². The number of benzene rings is 3. The lowest BCUT2D eigenvalue weighted by atomic mass is 10.1. The SMILES string of the molecule is Cc1ccc(-c2nnc(SCC(=O)Nc3cc(Cl)ccc3C)n2-c2ccccc2)cc1Cl. The molecule has 0 unspecified atom stereocenters. The first kappa shape index (κ1) is 22.4. The third-order valence-corrected chi connectivity index (χ3v) is 6.46. The van der Waals surface area contributed by atoms with Gasteiger partial charge in [0.1, 0.15) is 0 Å². The Balaban J connectivity index is 1.61. The molecule has 32 heavy (non-hydrogen) atoms. The van der Waals surface area contributed by atoms with Gasteiger partial charge in [-0.1, -0.05) is 71.4 Å². The van der Waals surface area contributed by atoms with Crippen LogP contribution in [0, 0.1) is 13.8 Å². The normalized spacial score (nSPS) is 10.9. The zero-order valence-corrected chi connectivity index (χ0v) is 19.8. The summed E-state index contributed by atoms with van der Waals surface area (Å²) in [6.07, 6.45) is 0. The Morgan fingerprint density at radius 3 is 2.47 bits per heavy atom. The molecular formula is C24H20Cl2N4OS. The highest BCUT2D eigenvalue weighted by atomic mass is 35.5. The van der Waals surface area contributed by atoms with Crippen molar-refractivity contribution in [2.45, 2.75) is 19.0 Å². The van der Waals surface area contributed by atoms with E-state index < -0.39 is 0 Å². The van der Waals surface area contributed by atoms with Crippen molar-refractivity contribution in [1.82, 2.24) is 14.8 Å². The average Bonchev–Trinajstić information content (AvgIpc) is 3.21. The van der Waals surface area contributed by atoms with E-state index in [4.69, 9.17) is 23.2 Å². The van der Waals surface area contributed by atoms with Gasteiger partial charge in [0.05, 0.1) is 5.75 Å². The topological polar surface area (TPSA) is 59.8 Å². The molecule has 0 saturated carbocycles. The standard InChI is InChI=1S/C24H20Cl2N4OS/c1-15-8-10-17(12-20(15)26)23-28-29-24(30(23)19-6-4-3-5-7-19)32-14-22(31)27-21-13-18(25)11-9-16(21)2/h3-13H,14H2,1-2H3,(H,27,31). The molecular weight excluding hydrogens is 463 g/mol. The van der Waals surface area contributed by atoms with Gasteiger partial charge >= 0.3 is 0 Å². The van der Waals surface area contributed by atoms with Crippen LogP contribution in [-0.4, -0.2) is 26.4 Å². The van der Waals surface area contributed by atoms with Crippen LogP contribution >= 0.6 is 35.0 Å². The van der Waals surface area contributed by atoms with Gasteiger partial charge in [0.15, 0.2) is 11.0 Å². The Labute approximate surface area is 200 Å². The number of rotatable bonds is 6. The molecule has 0 bridgehead atoms. The summed E-state index contributed by atoms with van der Waals surface area (Å²) in [5.74, 6) is 0.681. The van der Waals surface area contributed by atoms with E-state index in [2.05, 4.69) is 15.5 Å². The van der Waals surface area contributed by atoms with Crippen LogP contribution in [0.4, 0.5) is 5.69 Å². The number of para-hydroxylation sites is 1. The van der Waals surface area contributed by atoms with Crippen molar-refractivity contribution < 1.29 is 4.79 Å². The molecule has 4 aromatic rings. The number of aryl methyl sites for hydroxylation is 2. The Bertz CT molecular complexity index is 1270. The predicted octanol–water partition coefficient (Wildman–Crippen LogP) is 6.59. The summed E-state index contributed by atoms with van der Waals surface area (Å²) in [5, 5.41) is 13.5. The Morgan fingerprint density at radius 1 is 0.969 bits per heavy atom. The van der Waals surface area contributed by atoms with Crippen molar-refractivity contribution in [1.29, 1.82) is 0 Å². The van der Waals surface area contributed by atoms with Crippen LogP contribution in [0.1, 0.15) is 11.1 Å². The summed E-state index contributed by atoms with van der Waals surface area (Å²) in [5.41, 5.74) is 4.38. The van der Waals surface area contributed by atoms with Crippen molar-refractivity contribution >= 4 is 46.6 Å². The van der Waals surface area contributed by atoms with E-state index in [1.807, 2.05) is 73.0 Å². The first-order chi connectivity index (χ1) is 15.4. The second-order valence-corrected chi connectivity index (χ2v) is 9.02. The van der Waals surface area contributed by atoms with E-state index in [-0.39, 0.29) is 11.7 Å². The molecule has 0 aliphatic carbocycles. The van der Waals surface area contributed by atoms with E-state index in [0.29, 0.717) is 26.7 Å². The van der Waals surface area contributed by atoms with Crippen LogP contribution in [0.15, 0.2) is 71.9 Å². The van der Waals surface area contributed by atoms with Gasteiger partial charge in [-0.05, 0) is 55.3 Å². The molecule has 3 aromatic carbocycles. The molecule has 1 amide bonds. The maximum atomic E-state index is 12.6. The molecule has 0 saturated heterocycles. The quantitative estimate of drug-likeness (QED) is 0.315. The number of carbonyl (C=O) groups excluding carboxylic acids is 1. The van der Waals surface area contributed by atoms with E-state index in [1.165, 1.54) is 11.8 Å². The number of nitrogens with zero attached hydrogens (tertiary/aromatic N) is 3. The Kier molecular flexibility index (Phi) is 6.84. The maximum Gasteiger partial charge on any atom is 0.234 e. The van der Waals surface area contributed by atoms with E-state index >= 15 is 0 Å². The molecule has 4 rings (SSSR count).